The Balaban J connectivity index is 1.02. The highest BCUT2D eigenvalue weighted by molar-refractivity contribution is 5.99. The SMILES string of the molecule is CC(C)(C)OC(=O)N1CCCC1c1ncc(-c2ccc3c(c2)CCc2cc(C(=O)COC(=O)C4C5CCC(C5)N4C(=O)O)ccc2-3)[nH]1. The Bertz CT molecular complexity index is 1760. The third-order valence-electron chi connectivity index (χ3n) is 9.98. The number of nitrogens with zero attached hydrogens (tertiary/aromatic N) is 3. The van der Waals surface area contributed by atoms with Crippen LogP contribution in [0.3, 0.4) is 0 Å². The van der Waals surface area contributed by atoms with Gasteiger partial charge in [-0.05, 0) is 112 Å². The Labute approximate surface area is 273 Å². The maximum Gasteiger partial charge on any atom is 0.410 e. The number of carbonyl (C=O) groups excluding carboxylic acids is 3. The van der Waals surface area contributed by atoms with E-state index in [4.69, 9.17) is 9.47 Å². The van der Waals surface area contributed by atoms with Gasteiger partial charge < -0.3 is 19.6 Å². The standard InChI is InChI=1S/C36H40N4O7/c1-36(2,3)47-35(45)39-14-4-5-29(39)32-37-18-28(38-32)22-9-12-26-20(15-22)6-7-21-16-23(10-13-27(21)26)30(41)19-46-33(42)31-24-8-11-25(17-24)40(31)34(43)44/h9-10,12-13,15-16,18,24-25,29,31H,4-8,11,14,17,19H2,1-3H3,(H,37,38)(H,43,44). The molecule has 4 atom stereocenters. The van der Waals surface area contributed by atoms with E-state index in [1.807, 2.05) is 39.1 Å². The molecule has 1 aromatic heterocycles. The van der Waals surface area contributed by atoms with Crippen molar-refractivity contribution >= 4 is 23.9 Å². The summed E-state index contributed by atoms with van der Waals surface area (Å²) in [6.45, 7) is 5.82. The quantitative estimate of drug-likeness (QED) is 0.241. The number of nitrogens with one attached hydrogen (secondary N) is 1. The summed E-state index contributed by atoms with van der Waals surface area (Å²) in [5.74, 6) is -0.234. The highest BCUT2D eigenvalue weighted by Gasteiger charge is 2.52. The van der Waals surface area contributed by atoms with Crippen molar-refractivity contribution in [1.29, 1.82) is 0 Å². The van der Waals surface area contributed by atoms with E-state index in [1.165, 1.54) is 10.5 Å². The highest BCUT2D eigenvalue weighted by atomic mass is 16.6. The number of amides is 2. The van der Waals surface area contributed by atoms with Crippen molar-refractivity contribution in [3.05, 3.63) is 65.1 Å². The molecule has 4 aliphatic rings. The first kappa shape index (κ1) is 31.0. The van der Waals surface area contributed by atoms with Crippen molar-refractivity contribution in [1.82, 2.24) is 19.8 Å². The summed E-state index contributed by atoms with van der Waals surface area (Å²) < 4.78 is 11.0. The molecule has 3 aromatic rings. The van der Waals surface area contributed by atoms with Crippen LogP contribution in [0.1, 0.15) is 86.2 Å². The molecule has 246 valence electrons. The minimum atomic E-state index is -1.11. The van der Waals surface area contributed by atoms with E-state index in [-0.39, 0.29) is 29.9 Å². The lowest BCUT2D eigenvalue weighted by molar-refractivity contribution is -0.149. The van der Waals surface area contributed by atoms with E-state index in [9.17, 15) is 24.3 Å². The molecule has 2 aromatic carbocycles. The molecule has 2 bridgehead atoms. The monoisotopic (exact) mass is 640 g/mol. The van der Waals surface area contributed by atoms with Crippen molar-refractivity contribution in [3.63, 3.8) is 0 Å². The van der Waals surface area contributed by atoms with E-state index in [2.05, 4.69) is 28.2 Å². The van der Waals surface area contributed by atoms with Gasteiger partial charge in [0.1, 0.15) is 17.5 Å². The predicted octanol–water partition coefficient (Wildman–Crippen LogP) is 6.17. The largest absolute Gasteiger partial charge is 0.465 e. The van der Waals surface area contributed by atoms with Crippen LogP contribution in [0.5, 0.6) is 0 Å². The van der Waals surface area contributed by atoms with Crippen molar-refractivity contribution < 1.29 is 33.8 Å². The Hall–Kier alpha value is -4.67. The maximum absolute atomic E-state index is 13.0. The van der Waals surface area contributed by atoms with Crippen molar-refractivity contribution in [2.24, 2.45) is 5.92 Å². The van der Waals surface area contributed by atoms with E-state index in [1.54, 1.807) is 11.0 Å². The lowest BCUT2D eigenvalue weighted by atomic mass is 9.83. The number of carbonyl (C=O) groups is 4. The molecule has 47 heavy (non-hydrogen) atoms. The molecule has 11 nitrogen and oxygen atoms in total. The van der Waals surface area contributed by atoms with Crippen LogP contribution in [0, 0.1) is 5.92 Å². The number of Topliss-reactive ketones (excluding diaryl/α,β-unsaturated/α-hetero) is 1. The molecule has 0 radical (unpaired) electrons. The first-order valence-electron chi connectivity index (χ1n) is 16.5. The number of imidazole rings is 1. The van der Waals surface area contributed by atoms with Gasteiger partial charge in [0.05, 0.1) is 17.9 Å². The molecule has 1 saturated carbocycles. The Morgan fingerprint density at radius 3 is 2.49 bits per heavy atom. The number of esters is 1. The van der Waals surface area contributed by atoms with Gasteiger partial charge in [-0.1, -0.05) is 24.3 Å². The molecule has 0 spiro atoms. The maximum atomic E-state index is 13.0. The van der Waals surface area contributed by atoms with E-state index in [0.29, 0.717) is 18.5 Å². The normalized spacial score (nSPS) is 23.0. The third kappa shape index (κ3) is 5.87. The van der Waals surface area contributed by atoms with Crippen LogP contribution in [0.25, 0.3) is 22.4 Å². The van der Waals surface area contributed by atoms with Crippen LogP contribution >= 0.6 is 0 Å². The number of carboxylic acid groups (broad SMARTS) is 1. The van der Waals surface area contributed by atoms with Gasteiger partial charge in [0.15, 0.2) is 12.4 Å². The summed E-state index contributed by atoms with van der Waals surface area (Å²) in [5.41, 5.74) is 6.23. The summed E-state index contributed by atoms with van der Waals surface area (Å²) in [6.07, 6.45) is 5.89. The lowest BCUT2D eigenvalue weighted by Gasteiger charge is -2.31. The number of aryl methyl sites for hydroxylation is 2. The van der Waals surface area contributed by atoms with E-state index >= 15 is 0 Å². The number of hydrogen-bond acceptors (Lipinski definition) is 7. The average Bonchev–Trinajstić information content (AvgIpc) is 3.86. The zero-order valence-corrected chi connectivity index (χ0v) is 27.0. The molecule has 3 heterocycles. The Morgan fingerprint density at radius 2 is 1.74 bits per heavy atom. The molecule has 2 aliphatic heterocycles. The van der Waals surface area contributed by atoms with Crippen molar-refractivity contribution in [2.45, 2.75) is 89.4 Å². The van der Waals surface area contributed by atoms with Crippen LogP contribution in [0.4, 0.5) is 9.59 Å². The fourth-order valence-corrected chi connectivity index (χ4v) is 7.85. The Morgan fingerprint density at radius 1 is 1.00 bits per heavy atom. The number of benzene rings is 2. The van der Waals surface area contributed by atoms with Gasteiger partial charge in [0.25, 0.3) is 0 Å². The Kier molecular flexibility index (Phi) is 7.80. The number of aromatic nitrogens is 2. The second kappa shape index (κ2) is 11.8. The van der Waals surface area contributed by atoms with Crippen LogP contribution < -0.4 is 0 Å². The highest BCUT2D eigenvalue weighted by Crippen LogP contribution is 2.43. The number of piperidine rings is 1. The van der Waals surface area contributed by atoms with Crippen LogP contribution in [-0.2, 0) is 27.1 Å². The van der Waals surface area contributed by atoms with E-state index < -0.39 is 30.3 Å². The summed E-state index contributed by atoms with van der Waals surface area (Å²) in [6, 6.07) is 10.8. The topological polar surface area (TPSA) is 142 Å². The van der Waals surface area contributed by atoms with Crippen LogP contribution in [0.15, 0.2) is 42.6 Å². The third-order valence-corrected chi connectivity index (χ3v) is 9.98. The van der Waals surface area contributed by atoms with Crippen molar-refractivity contribution in [2.75, 3.05) is 13.2 Å². The minimum Gasteiger partial charge on any atom is -0.465 e. The molecule has 2 saturated heterocycles. The van der Waals surface area contributed by atoms with Gasteiger partial charge in [0, 0.05) is 18.2 Å². The molecular formula is C36H40N4O7. The first-order valence-corrected chi connectivity index (χ1v) is 16.5. The number of rotatable bonds is 6. The minimum absolute atomic E-state index is 0.0415. The average molecular weight is 641 g/mol. The molecule has 11 heteroatoms. The molecule has 4 unspecified atom stereocenters. The molecule has 2 aliphatic carbocycles. The number of hydrogen-bond donors (Lipinski definition) is 2. The molecule has 7 rings (SSSR count). The van der Waals surface area contributed by atoms with Crippen LogP contribution in [0.2, 0.25) is 0 Å². The molecule has 3 fully saturated rings. The van der Waals surface area contributed by atoms with Crippen LogP contribution in [-0.4, -0.2) is 79.6 Å². The number of ketones is 1. The number of ether oxygens (including phenoxy) is 2. The number of H-pyrrole nitrogens is 1. The molecule has 2 N–H and O–H groups in total. The number of aromatic amines is 1. The summed E-state index contributed by atoms with van der Waals surface area (Å²) in [5, 5.41) is 9.59. The second-order valence-corrected chi connectivity index (χ2v) is 14.2. The smallest absolute Gasteiger partial charge is 0.410 e. The summed E-state index contributed by atoms with van der Waals surface area (Å²) >= 11 is 0. The molecular weight excluding hydrogens is 600 g/mol. The first-order chi connectivity index (χ1) is 22.5. The van der Waals surface area contributed by atoms with Gasteiger partial charge >= 0.3 is 18.2 Å². The van der Waals surface area contributed by atoms with E-state index in [0.717, 1.165) is 72.3 Å². The van der Waals surface area contributed by atoms with Gasteiger partial charge in [0.2, 0.25) is 0 Å². The fourth-order valence-electron chi connectivity index (χ4n) is 7.85. The lowest BCUT2D eigenvalue weighted by Crippen LogP contribution is -2.49. The fraction of sp³-hybridized carbons (Fsp3) is 0.472. The van der Waals surface area contributed by atoms with Gasteiger partial charge in [-0.25, -0.2) is 19.4 Å². The zero-order chi connectivity index (χ0) is 33.0. The van der Waals surface area contributed by atoms with Gasteiger partial charge in [-0.3, -0.25) is 14.6 Å². The van der Waals surface area contributed by atoms with Gasteiger partial charge in [-0.15, -0.1) is 0 Å². The van der Waals surface area contributed by atoms with Crippen molar-refractivity contribution in [3.8, 4) is 22.4 Å². The predicted molar refractivity (Wildman–Crippen MR) is 172 cm³/mol. The zero-order valence-electron chi connectivity index (χ0n) is 27.0. The summed E-state index contributed by atoms with van der Waals surface area (Å²) in [7, 11) is 0. The number of fused-ring (bicyclic) bond motifs is 5. The molecule has 2 amide bonds. The second-order valence-electron chi connectivity index (χ2n) is 14.2. The van der Waals surface area contributed by atoms with Gasteiger partial charge in [-0.2, -0.15) is 0 Å². The number of likely N-dealkylation sites (tertiary alicyclic amines) is 2. The summed E-state index contributed by atoms with van der Waals surface area (Å²) in [4.78, 5) is 61.5.